The number of rotatable bonds is 7. The maximum absolute atomic E-state index is 12.5. The Kier molecular flexibility index (Phi) is 7.54. The SMILES string of the molecule is CC1CCN(Cc2nnnn2CCCC(=O)N2CCOCC(CO)C2)CC1. The van der Waals surface area contributed by atoms with Gasteiger partial charge < -0.3 is 14.7 Å². The van der Waals surface area contributed by atoms with E-state index in [1.807, 2.05) is 9.58 Å². The van der Waals surface area contributed by atoms with Crippen LogP contribution in [0.25, 0.3) is 0 Å². The van der Waals surface area contributed by atoms with Crippen LogP contribution in [-0.2, 0) is 22.6 Å². The van der Waals surface area contributed by atoms with E-state index in [1.165, 1.54) is 12.8 Å². The molecule has 1 amide bonds. The summed E-state index contributed by atoms with van der Waals surface area (Å²) < 4.78 is 7.27. The van der Waals surface area contributed by atoms with Crippen LogP contribution in [0.3, 0.4) is 0 Å². The van der Waals surface area contributed by atoms with E-state index in [1.54, 1.807) is 0 Å². The molecule has 2 aliphatic rings. The Hall–Kier alpha value is -1.58. The fourth-order valence-corrected chi connectivity index (χ4v) is 3.69. The number of ether oxygens (including phenoxy) is 1. The summed E-state index contributed by atoms with van der Waals surface area (Å²) in [4.78, 5) is 16.7. The molecule has 152 valence electrons. The van der Waals surface area contributed by atoms with Gasteiger partial charge in [0.1, 0.15) is 0 Å². The molecule has 9 nitrogen and oxygen atoms in total. The van der Waals surface area contributed by atoms with E-state index in [4.69, 9.17) is 4.74 Å². The summed E-state index contributed by atoms with van der Waals surface area (Å²) in [5.41, 5.74) is 0. The van der Waals surface area contributed by atoms with E-state index in [0.29, 0.717) is 45.7 Å². The van der Waals surface area contributed by atoms with Crippen LogP contribution in [0, 0.1) is 11.8 Å². The Labute approximate surface area is 160 Å². The number of aryl methyl sites for hydroxylation is 1. The standard InChI is InChI=1S/C18H32N6O3/c1-15-4-7-22(8-5-15)12-17-19-20-21-24(17)6-2-3-18(26)23-9-10-27-14-16(11-23)13-25/h15-16,25H,2-14H2,1H3. The van der Waals surface area contributed by atoms with Gasteiger partial charge in [-0.1, -0.05) is 6.92 Å². The monoisotopic (exact) mass is 380 g/mol. The average Bonchev–Trinajstić information content (AvgIpc) is 2.96. The number of hydrogen-bond donors (Lipinski definition) is 1. The molecule has 2 aliphatic heterocycles. The minimum atomic E-state index is 0.00910. The molecular formula is C18H32N6O3. The Balaban J connectivity index is 1.44. The largest absolute Gasteiger partial charge is 0.396 e. The second-order valence-corrected chi connectivity index (χ2v) is 7.84. The molecule has 0 saturated carbocycles. The number of aliphatic hydroxyl groups excluding tert-OH is 1. The van der Waals surface area contributed by atoms with Gasteiger partial charge in [-0.2, -0.15) is 0 Å². The van der Waals surface area contributed by atoms with Gasteiger partial charge in [-0.3, -0.25) is 9.69 Å². The molecule has 1 aromatic rings. The van der Waals surface area contributed by atoms with Gasteiger partial charge in [0.15, 0.2) is 5.82 Å². The van der Waals surface area contributed by atoms with Crippen LogP contribution >= 0.6 is 0 Å². The number of nitrogens with zero attached hydrogens (tertiary/aromatic N) is 6. The molecule has 0 spiro atoms. The zero-order valence-corrected chi connectivity index (χ0v) is 16.3. The smallest absolute Gasteiger partial charge is 0.222 e. The van der Waals surface area contributed by atoms with E-state index in [9.17, 15) is 9.90 Å². The van der Waals surface area contributed by atoms with Crippen LogP contribution in [0.2, 0.25) is 0 Å². The van der Waals surface area contributed by atoms with Crippen LogP contribution < -0.4 is 0 Å². The van der Waals surface area contributed by atoms with E-state index < -0.39 is 0 Å². The molecule has 27 heavy (non-hydrogen) atoms. The summed E-state index contributed by atoms with van der Waals surface area (Å²) in [7, 11) is 0. The number of likely N-dealkylation sites (tertiary alicyclic amines) is 1. The maximum atomic E-state index is 12.5. The Morgan fingerprint density at radius 2 is 2.11 bits per heavy atom. The number of amides is 1. The lowest BCUT2D eigenvalue weighted by Gasteiger charge is -2.29. The number of piperidine rings is 1. The number of aliphatic hydroxyl groups is 1. The van der Waals surface area contributed by atoms with Gasteiger partial charge in [-0.25, -0.2) is 4.68 Å². The van der Waals surface area contributed by atoms with Crippen LogP contribution in [0.15, 0.2) is 0 Å². The molecule has 1 unspecified atom stereocenters. The third-order valence-corrected chi connectivity index (χ3v) is 5.56. The van der Waals surface area contributed by atoms with Crippen molar-refractivity contribution in [3.63, 3.8) is 0 Å². The fourth-order valence-electron chi connectivity index (χ4n) is 3.69. The zero-order chi connectivity index (χ0) is 19.1. The summed E-state index contributed by atoms with van der Waals surface area (Å²) in [6.45, 7) is 8.17. The van der Waals surface area contributed by atoms with Crippen molar-refractivity contribution in [2.75, 3.05) is 46.0 Å². The number of tetrazole rings is 1. The Morgan fingerprint density at radius 3 is 2.89 bits per heavy atom. The molecule has 1 aromatic heterocycles. The van der Waals surface area contributed by atoms with Crippen molar-refractivity contribution in [1.82, 2.24) is 30.0 Å². The first-order valence-corrected chi connectivity index (χ1v) is 10.1. The first-order chi connectivity index (χ1) is 13.2. The quantitative estimate of drug-likeness (QED) is 0.719. The lowest BCUT2D eigenvalue weighted by Crippen LogP contribution is -2.36. The summed E-state index contributed by atoms with van der Waals surface area (Å²) >= 11 is 0. The highest BCUT2D eigenvalue weighted by molar-refractivity contribution is 5.76. The minimum absolute atomic E-state index is 0.00910. The van der Waals surface area contributed by atoms with Gasteiger partial charge in [0.2, 0.25) is 5.91 Å². The van der Waals surface area contributed by atoms with Crippen molar-refractivity contribution >= 4 is 5.91 Å². The number of aromatic nitrogens is 4. The summed E-state index contributed by atoms with van der Waals surface area (Å²) in [5.74, 6) is 1.80. The van der Waals surface area contributed by atoms with E-state index >= 15 is 0 Å². The summed E-state index contributed by atoms with van der Waals surface area (Å²) in [5, 5.41) is 21.4. The Morgan fingerprint density at radius 1 is 1.30 bits per heavy atom. The predicted molar refractivity (Wildman–Crippen MR) is 98.7 cm³/mol. The van der Waals surface area contributed by atoms with Crippen LogP contribution in [-0.4, -0.2) is 87.0 Å². The van der Waals surface area contributed by atoms with E-state index in [2.05, 4.69) is 27.3 Å². The molecular weight excluding hydrogens is 348 g/mol. The Bertz CT molecular complexity index is 587. The van der Waals surface area contributed by atoms with Gasteiger partial charge in [0.05, 0.1) is 19.8 Å². The zero-order valence-electron chi connectivity index (χ0n) is 16.3. The van der Waals surface area contributed by atoms with E-state index in [0.717, 1.165) is 31.4 Å². The second kappa shape index (κ2) is 10.1. The highest BCUT2D eigenvalue weighted by atomic mass is 16.5. The topological polar surface area (TPSA) is 96.6 Å². The van der Waals surface area contributed by atoms with Crippen molar-refractivity contribution in [2.45, 2.75) is 45.7 Å². The minimum Gasteiger partial charge on any atom is -0.396 e. The number of carbonyl (C=O) groups is 1. The molecule has 0 aliphatic carbocycles. The van der Waals surface area contributed by atoms with Crippen LogP contribution in [0.1, 0.15) is 38.4 Å². The van der Waals surface area contributed by atoms with Gasteiger partial charge in [0, 0.05) is 38.6 Å². The van der Waals surface area contributed by atoms with Crippen LogP contribution in [0.4, 0.5) is 0 Å². The normalized spacial score (nSPS) is 22.7. The molecule has 1 atom stereocenters. The van der Waals surface area contributed by atoms with Crippen molar-refractivity contribution in [3.05, 3.63) is 5.82 Å². The summed E-state index contributed by atoms with van der Waals surface area (Å²) in [6, 6.07) is 0. The number of carbonyl (C=O) groups excluding carboxylic acids is 1. The molecule has 2 fully saturated rings. The van der Waals surface area contributed by atoms with Crippen molar-refractivity contribution < 1.29 is 14.6 Å². The first-order valence-electron chi connectivity index (χ1n) is 10.1. The molecule has 2 saturated heterocycles. The van der Waals surface area contributed by atoms with Gasteiger partial charge in [-0.05, 0) is 48.7 Å². The van der Waals surface area contributed by atoms with Gasteiger partial charge in [0.25, 0.3) is 0 Å². The molecule has 9 heteroatoms. The fraction of sp³-hybridized carbons (Fsp3) is 0.889. The van der Waals surface area contributed by atoms with Crippen molar-refractivity contribution in [1.29, 1.82) is 0 Å². The summed E-state index contributed by atoms with van der Waals surface area (Å²) in [6.07, 6.45) is 3.61. The lowest BCUT2D eigenvalue weighted by molar-refractivity contribution is -0.131. The molecule has 1 N–H and O–H groups in total. The molecule has 0 aromatic carbocycles. The van der Waals surface area contributed by atoms with Crippen molar-refractivity contribution in [3.8, 4) is 0 Å². The number of hydrogen-bond acceptors (Lipinski definition) is 7. The molecule has 3 rings (SSSR count). The van der Waals surface area contributed by atoms with Gasteiger partial charge in [-0.15, -0.1) is 5.10 Å². The van der Waals surface area contributed by atoms with E-state index in [-0.39, 0.29) is 18.4 Å². The molecule has 0 radical (unpaired) electrons. The highest BCUT2D eigenvalue weighted by Gasteiger charge is 2.22. The average molecular weight is 380 g/mol. The molecule has 0 bridgehead atoms. The first kappa shape index (κ1) is 20.2. The third kappa shape index (κ3) is 5.95. The van der Waals surface area contributed by atoms with Crippen molar-refractivity contribution in [2.24, 2.45) is 11.8 Å². The predicted octanol–water partition coefficient (Wildman–Crippen LogP) is 0.153. The maximum Gasteiger partial charge on any atom is 0.222 e. The van der Waals surface area contributed by atoms with Gasteiger partial charge >= 0.3 is 0 Å². The lowest BCUT2D eigenvalue weighted by atomic mass is 9.99. The third-order valence-electron chi connectivity index (χ3n) is 5.56. The van der Waals surface area contributed by atoms with Crippen LogP contribution in [0.5, 0.6) is 0 Å². The second-order valence-electron chi connectivity index (χ2n) is 7.84. The molecule has 3 heterocycles. The highest BCUT2D eigenvalue weighted by Crippen LogP contribution is 2.17.